The van der Waals surface area contributed by atoms with Crippen LogP contribution < -0.4 is 5.32 Å². The van der Waals surface area contributed by atoms with Crippen LogP contribution in [0.4, 0.5) is 0 Å². The standard InChI is InChI=1S/C14H20N2O2/c1-16(8-7-11-5-3-2-4-6-11)14(18)13-9-12(17)10-15-13/h2-6,12-13,15,17H,7-10H2,1H3/t12?,13-/m0/s1. The van der Waals surface area contributed by atoms with Gasteiger partial charge in [-0.3, -0.25) is 4.79 Å². The molecule has 1 unspecified atom stereocenters. The van der Waals surface area contributed by atoms with Crippen molar-refractivity contribution >= 4 is 5.91 Å². The average Bonchev–Trinajstić information content (AvgIpc) is 2.83. The lowest BCUT2D eigenvalue weighted by atomic mass is 10.1. The fourth-order valence-corrected chi connectivity index (χ4v) is 2.22. The molecule has 0 radical (unpaired) electrons. The molecule has 0 aromatic heterocycles. The van der Waals surface area contributed by atoms with Gasteiger partial charge in [-0.1, -0.05) is 30.3 Å². The van der Waals surface area contributed by atoms with Crippen molar-refractivity contribution < 1.29 is 9.90 Å². The van der Waals surface area contributed by atoms with Gasteiger partial charge < -0.3 is 15.3 Å². The van der Waals surface area contributed by atoms with Crippen LogP contribution in [0.3, 0.4) is 0 Å². The fraction of sp³-hybridized carbons (Fsp3) is 0.500. The Kier molecular flexibility index (Phi) is 4.33. The Labute approximate surface area is 108 Å². The smallest absolute Gasteiger partial charge is 0.239 e. The number of aliphatic hydroxyl groups is 1. The second-order valence-corrected chi connectivity index (χ2v) is 4.85. The molecular weight excluding hydrogens is 228 g/mol. The molecule has 1 heterocycles. The number of hydrogen-bond acceptors (Lipinski definition) is 3. The van der Waals surface area contributed by atoms with E-state index in [0.29, 0.717) is 19.5 Å². The summed E-state index contributed by atoms with van der Waals surface area (Å²) in [6, 6.07) is 9.91. The van der Waals surface area contributed by atoms with Crippen molar-refractivity contribution in [2.45, 2.75) is 25.0 Å². The van der Waals surface area contributed by atoms with Gasteiger partial charge in [0.15, 0.2) is 0 Å². The van der Waals surface area contributed by atoms with E-state index in [1.54, 1.807) is 4.90 Å². The minimum atomic E-state index is -0.388. The molecule has 1 saturated heterocycles. The van der Waals surface area contributed by atoms with Crippen molar-refractivity contribution in [1.82, 2.24) is 10.2 Å². The number of benzene rings is 1. The molecule has 1 aromatic carbocycles. The lowest BCUT2D eigenvalue weighted by molar-refractivity contribution is -0.131. The number of β-amino-alcohol motifs (C(OH)–C–C–N with tert-alkyl or cyclic N) is 1. The number of amides is 1. The normalized spacial score (nSPS) is 23.0. The molecular formula is C14H20N2O2. The number of likely N-dealkylation sites (N-methyl/N-ethyl adjacent to an activating group) is 1. The number of nitrogens with one attached hydrogen (secondary N) is 1. The molecule has 2 atom stereocenters. The van der Waals surface area contributed by atoms with Gasteiger partial charge in [-0.05, 0) is 18.4 Å². The van der Waals surface area contributed by atoms with Crippen LogP contribution in [0.2, 0.25) is 0 Å². The quantitative estimate of drug-likeness (QED) is 0.811. The van der Waals surface area contributed by atoms with E-state index in [1.165, 1.54) is 5.56 Å². The fourth-order valence-electron chi connectivity index (χ4n) is 2.22. The summed E-state index contributed by atoms with van der Waals surface area (Å²) in [5.41, 5.74) is 1.23. The molecule has 2 rings (SSSR count). The summed E-state index contributed by atoms with van der Waals surface area (Å²) in [6.07, 6.45) is 0.994. The highest BCUT2D eigenvalue weighted by atomic mass is 16.3. The van der Waals surface area contributed by atoms with Gasteiger partial charge in [-0.2, -0.15) is 0 Å². The zero-order valence-corrected chi connectivity index (χ0v) is 10.7. The van der Waals surface area contributed by atoms with Crippen LogP contribution in [0.15, 0.2) is 30.3 Å². The molecule has 1 fully saturated rings. The van der Waals surface area contributed by atoms with E-state index in [1.807, 2.05) is 25.2 Å². The number of aliphatic hydroxyl groups excluding tert-OH is 1. The van der Waals surface area contributed by atoms with Crippen LogP contribution in [0.1, 0.15) is 12.0 Å². The van der Waals surface area contributed by atoms with Gasteiger partial charge in [0.2, 0.25) is 5.91 Å². The van der Waals surface area contributed by atoms with Crippen LogP contribution in [-0.2, 0) is 11.2 Å². The number of hydrogen-bond donors (Lipinski definition) is 2. The molecule has 1 amide bonds. The summed E-state index contributed by atoms with van der Waals surface area (Å²) in [4.78, 5) is 13.8. The number of carbonyl (C=O) groups is 1. The summed E-state index contributed by atoms with van der Waals surface area (Å²) < 4.78 is 0. The van der Waals surface area contributed by atoms with Crippen molar-refractivity contribution in [1.29, 1.82) is 0 Å². The highest BCUT2D eigenvalue weighted by molar-refractivity contribution is 5.82. The minimum Gasteiger partial charge on any atom is -0.392 e. The van der Waals surface area contributed by atoms with Crippen LogP contribution >= 0.6 is 0 Å². The highest BCUT2D eigenvalue weighted by Gasteiger charge is 2.29. The zero-order chi connectivity index (χ0) is 13.0. The summed E-state index contributed by atoms with van der Waals surface area (Å²) >= 11 is 0. The average molecular weight is 248 g/mol. The van der Waals surface area contributed by atoms with Crippen LogP contribution in [0.5, 0.6) is 0 Å². The van der Waals surface area contributed by atoms with Crippen molar-refractivity contribution in [3.8, 4) is 0 Å². The molecule has 4 heteroatoms. The first-order valence-corrected chi connectivity index (χ1v) is 6.37. The maximum atomic E-state index is 12.1. The predicted octanol–water partition coefficient (Wildman–Crippen LogP) is 0.410. The van der Waals surface area contributed by atoms with Crippen molar-refractivity contribution in [3.63, 3.8) is 0 Å². The van der Waals surface area contributed by atoms with Gasteiger partial charge in [0, 0.05) is 20.1 Å². The van der Waals surface area contributed by atoms with Gasteiger partial charge in [0.1, 0.15) is 0 Å². The van der Waals surface area contributed by atoms with Crippen LogP contribution in [0.25, 0.3) is 0 Å². The van der Waals surface area contributed by atoms with E-state index in [4.69, 9.17) is 0 Å². The summed E-state index contributed by atoms with van der Waals surface area (Å²) in [6.45, 7) is 1.22. The molecule has 2 N–H and O–H groups in total. The van der Waals surface area contributed by atoms with E-state index in [0.717, 1.165) is 6.42 Å². The third-order valence-electron chi connectivity index (χ3n) is 3.36. The lowest BCUT2D eigenvalue weighted by Gasteiger charge is -2.21. The predicted molar refractivity (Wildman–Crippen MR) is 70.2 cm³/mol. The largest absolute Gasteiger partial charge is 0.392 e. The van der Waals surface area contributed by atoms with Crippen molar-refractivity contribution in [2.75, 3.05) is 20.1 Å². The molecule has 0 spiro atoms. The monoisotopic (exact) mass is 248 g/mol. The van der Waals surface area contributed by atoms with Gasteiger partial charge in [0.05, 0.1) is 12.1 Å². The molecule has 1 aromatic rings. The van der Waals surface area contributed by atoms with Gasteiger partial charge in [-0.15, -0.1) is 0 Å². The highest BCUT2D eigenvalue weighted by Crippen LogP contribution is 2.09. The minimum absolute atomic E-state index is 0.0717. The zero-order valence-electron chi connectivity index (χ0n) is 10.7. The summed E-state index contributed by atoms with van der Waals surface area (Å²) in [5, 5.41) is 12.4. The van der Waals surface area contributed by atoms with E-state index in [9.17, 15) is 9.90 Å². The third kappa shape index (κ3) is 3.31. The Morgan fingerprint density at radius 1 is 1.44 bits per heavy atom. The molecule has 0 aliphatic carbocycles. The number of rotatable bonds is 4. The van der Waals surface area contributed by atoms with Gasteiger partial charge >= 0.3 is 0 Å². The lowest BCUT2D eigenvalue weighted by Crippen LogP contribution is -2.42. The van der Waals surface area contributed by atoms with E-state index >= 15 is 0 Å². The molecule has 0 bridgehead atoms. The van der Waals surface area contributed by atoms with E-state index in [-0.39, 0.29) is 18.1 Å². The van der Waals surface area contributed by atoms with E-state index in [2.05, 4.69) is 17.4 Å². The SMILES string of the molecule is CN(CCc1ccccc1)C(=O)[C@@H]1CC(O)CN1. The van der Waals surface area contributed by atoms with Crippen molar-refractivity contribution in [2.24, 2.45) is 0 Å². The molecule has 18 heavy (non-hydrogen) atoms. The number of nitrogens with zero attached hydrogens (tertiary/aromatic N) is 1. The third-order valence-corrected chi connectivity index (χ3v) is 3.36. The number of carbonyl (C=O) groups excluding carboxylic acids is 1. The first-order valence-electron chi connectivity index (χ1n) is 6.37. The molecule has 0 saturated carbocycles. The second kappa shape index (κ2) is 5.98. The van der Waals surface area contributed by atoms with Gasteiger partial charge in [0.25, 0.3) is 0 Å². The molecule has 1 aliphatic heterocycles. The second-order valence-electron chi connectivity index (χ2n) is 4.85. The Morgan fingerprint density at radius 3 is 2.78 bits per heavy atom. The van der Waals surface area contributed by atoms with Crippen molar-refractivity contribution in [3.05, 3.63) is 35.9 Å². The maximum Gasteiger partial charge on any atom is 0.239 e. The Bertz CT molecular complexity index is 394. The molecule has 4 nitrogen and oxygen atoms in total. The van der Waals surface area contributed by atoms with Crippen LogP contribution in [0, 0.1) is 0 Å². The molecule has 98 valence electrons. The Morgan fingerprint density at radius 2 is 2.17 bits per heavy atom. The Balaban J connectivity index is 1.81. The first-order chi connectivity index (χ1) is 8.66. The topological polar surface area (TPSA) is 52.6 Å². The van der Waals surface area contributed by atoms with Crippen LogP contribution in [-0.4, -0.2) is 48.2 Å². The van der Waals surface area contributed by atoms with E-state index < -0.39 is 0 Å². The molecule has 1 aliphatic rings. The summed E-state index contributed by atoms with van der Waals surface area (Å²) in [7, 11) is 1.82. The summed E-state index contributed by atoms with van der Waals surface area (Å²) in [5.74, 6) is 0.0717. The van der Waals surface area contributed by atoms with Gasteiger partial charge in [-0.25, -0.2) is 0 Å². The maximum absolute atomic E-state index is 12.1. The Hall–Kier alpha value is -1.39. The first kappa shape index (κ1) is 13.1.